The molecule has 26 heavy (non-hydrogen) atoms. The first kappa shape index (κ1) is 19.6. The van der Waals surface area contributed by atoms with Crippen molar-refractivity contribution in [3.63, 3.8) is 0 Å². The summed E-state index contributed by atoms with van der Waals surface area (Å²) in [6.45, 7) is 2.20. The Kier molecular flexibility index (Phi) is 6.84. The zero-order valence-electron chi connectivity index (χ0n) is 14.3. The molecule has 9 nitrogen and oxygen atoms in total. The average Bonchev–Trinajstić information content (AvgIpc) is 2.95. The van der Waals surface area contributed by atoms with Crippen LogP contribution in [-0.4, -0.2) is 54.3 Å². The molecule has 140 valence electrons. The number of methoxy groups -OCH3 is 1. The number of hydrogen-bond acceptors (Lipinski definition) is 8. The minimum absolute atomic E-state index is 0.0734. The fourth-order valence-corrected chi connectivity index (χ4v) is 3.15. The van der Waals surface area contributed by atoms with E-state index in [0.29, 0.717) is 10.8 Å². The van der Waals surface area contributed by atoms with Gasteiger partial charge in [0.25, 0.3) is 5.69 Å². The number of esters is 1. The van der Waals surface area contributed by atoms with Crippen LogP contribution in [0.1, 0.15) is 6.92 Å². The number of non-ortho nitro benzene ring substituents is 1. The molecule has 0 atom stereocenters. The lowest BCUT2D eigenvalue weighted by molar-refractivity contribution is -0.385. The van der Waals surface area contributed by atoms with Crippen molar-refractivity contribution < 1.29 is 28.7 Å². The molecule has 2 rings (SSSR count). The third kappa shape index (κ3) is 4.88. The number of benzene rings is 1. The predicted molar refractivity (Wildman–Crippen MR) is 94.0 cm³/mol. The van der Waals surface area contributed by atoms with Crippen LogP contribution in [-0.2, 0) is 14.3 Å². The van der Waals surface area contributed by atoms with Gasteiger partial charge >= 0.3 is 5.97 Å². The minimum atomic E-state index is -0.535. The Labute approximate surface area is 154 Å². The smallest absolute Gasteiger partial charge is 0.333 e. The lowest BCUT2D eigenvalue weighted by atomic mass is 10.3. The van der Waals surface area contributed by atoms with Gasteiger partial charge in [0, 0.05) is 6.07 Å². The summed E-state index contributed by atoms with van der Waals surface area (Å²) in [4.78, 5) is 35.3. The lowest BCUT2D eigenvalue weighted by Crippen LogP contribution is -2.29. The Morgan fingerprint density at radius 3 is 2.85 bits per heavy atom. The topological polar surface area (TPSA) is 108 Å². The number of nitrogens with zero attached hydrogens (tertiary/aromatic N) is 2. The third-order valence-corrected chi connectivity index (χ3v) is 4.39. The molecule has 1 aliphatic heterocycles. The number of hydrogen-bond donors (Lipinski definition) is 0. The fourth-order valence-electron chi connectivity index (χ4n) is 2.19. The summed E-state index contributed by atoms with van der Waals surface area (Å²) in [5.74, 6) is 0.110. The maximum Gasteiger partial charge on any atom is 0.333 e. The molecule has 0 radical (unpaired) electrons. The van der Waals surface area contributed by atoms with E-state index < -0.39 is 10.9 Å². The number of ether oxygens (including phenoxy) is 3. The molecule has 0 aromatic heterocycles. The van der Waals surface area contributed by atoms with E-state index >= 15 is 0 Å². The van der Waals surface area contributed by atoms with Crippen molar-refractivity contribution in [1.82, 2.24) is 4.90 Å². The number of thioether (sulfide) groups is 1. The van der Waals surface area contributed by atoms with Gasteiger partial charge in [-0.15, -0.1) is 0 Å². The van der Waals surface area contributed by atoms with E-state index in [1.807, 2.05) is 0 Å². The highest BCUT2D eigenvalue weighted by atomic mass is 32.2. The monoisotopic (exact) mass is 382 g/mol. The minimum Gasteiger partial charge on any atom is -0.493 e. The molecule has 1 amide bonds. The first-order chi connectivity index (χ1) is 12.5. The second-order valence-corrected chi connectivity index (χ2v) is 6.01. The molecule has 10 heteroatoms. The number of amides is 1. The van der Waals surface area contributed by atoms with Gasteiger partial charge in [-0.3, -0.25) is 14.9 Å². The molecular weight excluding hydrogens is 364 g/mol. The fraction of sp³-hybridized carbons (Fsp3) is 0.375. The summed E-state index contributed by atoms with van der Waals surface area (Å²) in [7, 11) is 1.43. The first-order valence-electron chi connectivity index (χ1n) is 7.73. The predicted octanol–water partition coefficient (Wildman–Crippen LogP) is 1.96. The summed E-state index contributed by atoms with van der Waals surface area (Å²) in [6.07, 6.45) is 1.27. The van der Waals surface area contributed by atoms with Gasteiger partial charge in [0.1, 0.15) is 6.61 Å². The second-order valence-electron chi connectivity index (χ2n) is 5.01. The van der Waals surface area contributed by atoms with Crippen LogP contribution >= 0.6 is 11.8 Å². The van der Waals surface area contributed by atoms with Crippen molar-refractivity contribution in [3.05, 3.63) is 39.4 Å². The normalized spacial score (nSPS) is 15.2. The number of nitro benzene ring substituents is 1. The Balaban J connectivity index is 2.03. The molecule has 1 fully saturated rings. The Hall–Kier alpha value is -2.75. The SMILES string of the molecule is CCOC(=O)/C=C1\SCC(=O)N1CCOc1cc([N+](=O)[O-])ccc1OC. The van der Waals surface area contributed by atoms with E-state index in [9.17, 15) is 19.7 Å². The van der Waals surface area contributed by atoms with Gasteiger partial charge in [0.05, 0.1) is 48.1 Å². The van der Waals surface area contributed by atoms with E-state index in [0.717, 1.165) is 0 Å². The van der Waals surface area contributed by atoms with Gasteiger partial charge in [-0.2, -0.15) is 0 Å². The lowest BCUT2D eigenvalue weighted by Gasteiger charge is -2.18. The number of rotatable bonds is 8. The van der Waals surface area contributed by atoms with Crippen molar-refractivity contribution in [3.8, 4) is 11.5 Å². The van der Waals surface area contributed by atoms with Crippen molar-refractivity contribution in [2.24, 2.45) is 0 Å². The van der Waals surface area contributed by atoms with E-state index in [1.54, 1.807) is 6.92 Å². The molecule has 1 aromatic carbocycles. The van der Waals surface area contributed by atoms with E-state index in [1.165, 1.54) is 48.0 Å². The molecule has 0 spiro atoms. The van der Waals surface area contributed by atoms with Crippen LogP contribution < -0.4 is 9.47 Å². The van der Waals surface area contributed by atoms with Gasteiger partial charge in [0.15, 0.2) is 11.5 Å². The summed E-state index contributed by atoms with van der Waals surface area (Å²) in [6, 6.07) is 4.01. The molecule has 0 bridgehead atoms. The summed E-state index contributed by atoms with van der Waals surface area (Å²) in [5.41, 5.74) is -0.128. The number of carbonyl (C=O) groups excluding carboxylic acids is 2. The number of nitro groups is 1. The standard InChI is InChI=1S/C16H18N2O7S/c1-3-24-16(20)9-15-17(14(19)10-26-15)6-7-25-13-8-11(18(21)22)4-5-12(13)23-2/h4-5,8-9H,3,6-7,10H2,1-2H3/b15-9-. The summed E-state index contributed by atoms with van der Waals surface area (Å²) < 4.78 is 15.5. The van der Waals surface area contributed by atoms with Gasteiger partial charge in [-0.1, -0.05) is 11.8 Å². The zero-order chi connectivity index (χ0) is 19.1. The van der Waals surface area contributed by atoms with Crippen LogP contribution in [0.15, 0.2) is 29.3 Å². The molecule has 1 saturated heterocycles. The van der Waals surface area contributed by atoms with Crippen molar-refractivity contribution in [1.29, 1.82) is 0 Å². The quantitative estimate of drug-likeness (QED) is 0.291. The summed E-state index contributed by atoms with van der Waals surface area (Å²) in [5, 5.41) is 11.4. The van der Waals surface area contributed by atoms with Crippen molar-refractivity contribution >= 4 is 29.3 Å². The Bertz CT molecular complexity index is 735. The van der Waals surface area contributed by atoms with Gasteiger partial charge in [-0.05, 0) is 13.0 Å². The number of carbonyl (C=O) groups is 2. The average molecular weight is 382 g/mol. The molecule has 0 saturated carbocycles. The zero-order valence-corrected chi connectivity index (χ0v) is 15.1. The van der Waals surface area contributed by atoms with Crippen LogP contribution in [0.25, 0.3) is 0 Å². The van der Waals surface area contributed by atoms with E-state index in [4.69, 9.17) is 14.2 Å². The Morgan fingerprint density at radius 2 is 2.19 bits per heavy atom. The molecule has 0 N–H and O–H groups in total. The third-order valence-electron chi connectivity index (χ3n) is 3.37. The highest BCUT2D eigenvalue weighted by molar-refractivity contribution is 8.04. The largest absolute Gasteiger partial charge is 0.493 e. The van der Waals surface area contributed by atoms with Crippen LogP contribution in [0.4, 0.5) is 5.69 Å². The summed E-state index contributed by atoms with van der Waals surface area (Å²) >= 11 is 1.24. The highest BCUT2D eigenvalue weighted by Gasteiger charge is 2.27. The molecule has 1 heterocycles. The van der Waals surface area contributed by atoms with Crippen LogP contribution in [0.3, 0.4) is 0 Å². The maximum absolute atomic E-state index is 12.0. The van der Waals surface area contributed by atoms with Gasteiger partial charge < -0.3 is 19.1 Å². The van der Waals surface area contributed by atoms with E-state index in [2.05, 4.69) is 0 Å². The van der Waals surface area contributed by atoms with Crippen LogP contribution in [0, 0.1) is 10.1 Å². The second kappa shape index (κ2) is 9.09. The van der Waals surface area contributed by atoms with Crippen LogP contribution in [0.5, 0.6) is 11.5 Å². The molecule has 1 aliphatic rings. The Morgan fingerprint density at radius 1 is 1.42 bits per heavy atom. The molecular formula is C16H18N2O7S. The highest BCUT2D eigenvalue weighted by Crippen LogP contribution is 2.32. The first-order valence-corrected chi connectivity index (χ1v) is 8.71. The molecule has 1 aromatic rings. The maximum atomic E-state index is 12.0. The van der Waals surface area contributed by atoms with Crippen molar-refractivity contribution in [2.75, 3.05) is 32.6 Å². The van der Waals surface area contributed by atoms with E-state index in [-0.39, 0.29) is 42.9 Å². The van der Waals surface area contributed by atoms with Gasteiger partial charge in [0.2, 0.25) is 5.91 Å². The van der Waals surface area contributed by atoms with Crippen molar-refractivity contribution in [2.45, 2.75) is 6.92 Å². The molecule has 0 unspecified atom stereocenters. The van der Waals surface area contributed by atoms with Crippen LogP contribution in [0.2, 0.25) is 0 Å². The van der Waals surface area contributed by atoms with Gasteiger partial charge in [-0.25, -0.2) is 4.79 Å². The molecule has 0 aliphatic carbocycles.